The number of thioether (sulfide) groups is 1. The highest BCUT2D eigenvalue weighted by atomic mass is 32.2. The summed E-state index contributed by atoms with van der Waals surface area (Å²) in [6.07, 6.45) is -4.44. The summed E-state index contributed by atoms with van der Waals surface area (Å²) in [5, 5.41) is 1.82. The van der Waals surface area contributed by atoms with Crippen LogP contribution >= 0.6 is 23.1 Å². The van der Waals surface area contributed by atoms with Gasteiger partial charge in [-0.05, 0) is 29.6 Å². The molecule has 22 heavy (non-hydrogen) atoms. The first-order chi connectivity index (χ1) is 10.5. The van der Waals surface area contributed by atoms with Gasteiger partial charge in [0.25, 0.3) is 5.91 Å². The lowest BCUT2D eigenvalue weighted by atomic mass is 10.1. The highest BCUT2D eigenvalue weighted by Gasteiger charge is 2.34. The van der Waals surface area contributed by atoms with Crippen molar-refractivity contribution in [2.24, 2.45) is 0 Å². The van der Waals surface area contributed by atoms with E-state index >= 15 is 0 Å². The number of carbonyl (C=O) groups is 1. The van der Waals surface area contributed by atoms with Crippen molar-refractivity contribution in [1.29, 1.82) is 0 Å². The molecule has 1 aromatic heterocycles. The van der Waals surface area contributed by atoms with Crippen LogP contribution in [0.4, 0.5) is 13.2 Å². The van der Waals surface area contributed by atoms with Gasteiger partial charge in [0.15, 0.2) is 0 Å². The maximum atomic E-state index is 12.8. The zero-order chi connectivity index (χ0) is 15.7. The van der Waals surface area contributed by atoms with E-state index in [1.54, 1.807) is 28.0 Å². The van der Waals surface area contributed by atoms with Gasteiger partial charge in [0, 0.05) is 22.7 Å². The molecule has 7 heteroatoms. The third kappa shape index (κ3) is 3.01. The monoisotopic (exact) mass is 343 g/mol. The van der Waals surface area contributed by atoms with Crippen molar-refractivity contribution in [3.05, 3.63) is 57.8 Å². The van der Waals surface area contributed by atoms with E-state index in [9.17, 15) is 18.0 Å². The number of benzene rings is 1. The normalized spacial score (nSPS) is 18.7. The highest BCUT2D eigenvalue weighted by molar-refractivity contribution is 7.99. The number of rotatable bonds is 2. The van der Waals surface area contributed by atoms with Crippen molar-refractivity contribution in [3.8, 4) is 0 Å². The molecule has 2 nitrogen and oxygen atoms in total. The molecule has 116 valence electrons. The number of amides is 1. The molecule has 1 aliphatic heterocycles. The van der Waals surface area contributed by atoms with Crippen LogP contribution in [0.3, 0.4) is 0 Å². The summed E-state index contributed by atoms with van der Waals surface area (Å²) in [6, 6.07) is 8.47. The lowest BCUT2D eigenvalue weighted by Crippen LogP contribution is -2.30. The molecule has 1 aliphatic rings. The molecule has 0 bridgehead atoms. The number of alkyl halides is 3. The third-order valence-electron chi connectivity index (χ3n) is 3.38. The van der Waals surface area contributed by atoms with Crippen LogP contribution in [-0.4, -0.2) is 23.1 Å². The second kappa shape index (κ2) is 5.96. The van der Waals surface area contributed by atoms with Crippen LogP contribution in [-0.2, 0) is 6.18 Å². The van der Waals surface area contributed by atoms with Gasteiger partial charge < -0.3 is 4.90 Å². The predicted molar refractivity (Wildman–Crippen MR) is 82.0 cm³/mol. The Morgan fingerprint density at radius 1 is 1.23 bits per heavy atom. The number of carbonyl (C=O) groups excluding carboxylic acids is 1. The molecule has 1 saturated heterocycles. The summed E-state index contributed by atoms with van der Waals surface area (Å²) >= 11 is 3.18. The molecule has 2 aromatic rings. The second-order valence-corrected chi connectivity index (χ2v) is 6.98. The zero-order valence-corrected chi connectivity index (χ0v) is 13.0. The van der Waals surface area contributed by atoms with Crippen LogP contribution < -0.4 is 0 Å². The Labute approximate surface area is 133 Å². The number of hydrogen-bond donors (Lipinski definition) is 0. The molecule has 1 atom stereocenters. The van der Waals surface area contributed by atoms with E-state index < -0.39 is 11.7 Å². The number of thiophene rings is 1. The van der Waals surface area contributed by atoms with Crippen LogP contribution in [0.25, 0.3) is 0 Å². The first-order valence-electron chi connectivity index (χ1n) is 6.60. The van der Waals surface area contributed by atoms with Gasteiger partial charge in [-0.15, -0.1) is 23.1 Å². The molecule has 0 aliphatic carbocycles. The summed E-state index contributed by atoms with van der Waals surface area (Å²) in [5.74, 6) is 0.433. The topological polar surface area (TPSA) is 20.3 Å². The number of hydrogen-bond acceptors (Lipinski definition) is 3. The van der Waals surface area contributed by atoms with Crippen LogP contribution in [0.5, 0.6) is 0 Å². The standard InChI is InChI=1S/C15H12F3NOS2/c16-15(17,18)11-4-1-3-10(9-11)13(20)19-6-8-22-14(19)12-5-2-7-21-12/h1-5,7,9,14H,6,8H2. The van der Waals surface area contributed by atoms with E-state index in [-0.39, 0.29) is 16.8 Å². The maximum absolute atomic E-state index is 12.8. The van der Waals surface area contributed by atoms with Gasteiger partial charge in [0.2, 0.25) is 0 Å². The fourth-order valence-corrected chi connectivity index (χ4v) is 4.57. The first-order valence-corrected chi connectivity index (χ1v) is 8.53. The minimum Gasteiger partial charge on any atom is -0.321 e. The molecule has 1 aromatic carbocycles. The summed E-state index contributed by atoms with van der Waals surface area (Å²) in [7, 11) is 0. The summed E-state index contributed by atoms with van der Waals surface area (Å²) < 4.78 is 38.3. The fourth-order valence-electron chi connectivity index (χ4n) is 2.34. The van der Waals surface area contributed by atoms with E-state index in [0.29, 0.717) is 6.54 Å². The van der Waals surface area contributed by atoms with E-state index in [1.807, 2.05) is 17.5 Å². The van der Waals surface area contributed by atoms with Gasteiger partial charge in [-0.25, -0.2) is 0 Å². The largest absolute Gasteiger partial charge is 0.416 e. The average molecular weight is 343 g/mol. The van der Waals surface area contributed by atoms with E-state index in [1.165, 1.54) is 12.1 Å². The van der Waals surface area contributed by atoms with Gasteiger partial charge in [0.1, 0.15) is 5.37 Å². The predicted octanol–water partition coefficient (Wildman–Crippen LogP) is 4.65. The van der Waals surface area contributed by atoms with Crippen LogP contribution in [0.2, 0.25) is 0 Å². The Morgan fingerprint density at radius 3 is 2.73 bits per heavy atom. The average Bonchev–Trinajstić information content (AvgIpc) is 3.16. The minimum absolute atomic E-state index is 0.0823. The molecule has 0 N–H and O–H groups in total. The zero-order valence-electron chi connectivity index (χ0n) is 11.3. The van der Waals surface area contributed by atoms with Gasteiger partial charge in [-0.3, -0.25) is 4.79 Å². The SMILES string of the molecule is O=C(c1cccc(C(F)(F)F)c1)N1CCSC1c1cccs1. The van der Waals surface area contributed by atoms with Crippen LogP contribution in [0.15, 0.2) is 41.8 Å². The second-order valence-electron chi connectivity index (χ2n) is 4.82. The van der Waals surface area contributed by atoms with Crippen molar-refractivity contribution in [1.82, 2.24) is 4.90 Å². The maximum Gasteiger partial charge on any atom is 0.416 e. The lowest BCUT2D eigenvalue weighted by molar-refractivity contribution is -0.137. The molecular weight excluding hydrogens is 331 g/mol. The number of halogens is 3. The Kier molecular flexibility index (Phi) is 4.18. The van der Waals surface area contributed by atoms with Crippen molar-refractivity contribution in [2.75, 3.05) is 12.3 Å². The van der Waals surface area contributed by atoms with Crippen LogP contribution in [0, 0.1) is 0 Å². The van der Waals surface area contributed by atoms with Crippen molar-refractivity contribution >= 4 is 29.0 Å². The van der Waals surface area contributed by atoms with Crippen molar-refractivity contribution in [3.63, 3.8) is 0 Å². The molecular formula is C15H12F3NOS2. The molecule has 0 radical (unpaired) electrons. The fraction of sp³-hybridized carbons (Fsp3) is 0.267. The van der Waals surface area contributed by atoms with Gasteiger partial charge in [-0.1, -0.05) is 12.1 Å². The van der Waals surface area contributed by atoms with E-state index in [4.69, 9.17) is 0 Å². The number of nitrogens with zero attached hydrogens (tertiary/aromatic N) is 1. The Balaban J connectivity index is 1.87. The summed E-state index contributed by atoms with van der Waals surface area (Å²) in [5.41, 5.74) is -0.711. The molecule has 0 saturated carbocycles. The van der Waals surface area contributed by atoms with Crippen LogP contribution in [0.1, 0.15) is 26.2 Å². The van der Waals surface area contributed by atoms with Crippen molar-refractivity contribution < 1.29 is 18.0 Å². The molecule has 2 heterocycles. The molecule has 1 unspecified atom stereocenters. The quantitative estimate of drug-likeness (QED) is 0.791. The van der Waals surface area contributed by atoms with E-state index in [2.05, 4.69) is 0 Å². The van der Waals surface area contributed by atoms with E-state index in [0.717, 1.165) is 22.8 Å². The molecule has 1 amide bonds. The Morgan fingerprint density at radius 2 is 2.05 bits per heavy atom. The van der Waals surface area contributed by atoms with Gasteiger partial charge in [-0.2, -0.15) is 13.2 Å². The molecule has 1 fully saturated rings. The molecule has 3 rings (SSSR count). The van der Waals surface area contributed by atoms with Gasteiger partial charge in [0.05, 0.1) is 5.56 Å². The molecule has 0 spiro atoms. The highest BCUT2D eigenvalue weighted by Crippen LogP contribution is 2.41. The summed E-state index contributed by atoms with van der Waals surface area (Å²) in [6.45, 7) is 0.544. The lowest BCUT2D eigenvalue weighted by Gasteiger charge is -2.23. The van der Waals surface area contributed by atoms with Gasteiger partial charge >= 0.3 is 6.18 Å². The third-order valence-corrected chi connectivity index (χ3v) is 5.69. The summed E-state index contributed by atoms with van der Waals surface area (Å²) in [4.78, 5) is 15.3. The first kappa shape index (κ1) is 15.4. The Hall–Kier alpha value is -1.47. The minimum atomic E-state index is -4.44. The Bertz CT molecular complexity index is 670. The smallest absolute Gasteiger partial charge is 0.321 e. The van der Waals surface area contributed by atoms with Crippen molar-refractivity contribution in [2.45, 2.75) is 11.6 Å².